The SMILES string of the molecule is O=C(CCc1nc(-c2ccsc2)no1)Nc1ccc2nc(N3CCCC3)sc2c1. The molecule has 1 aliphatic heterocycles. The van der Waals surface area contributed by atoms with Gasteiger partial charge in [0.1, 0.15) is 0 Å². The fraction of sp³-hybridized carbons (Fsp3) is 0.300. The van der Waals surface area contributed by atoms with Gasteiger partial charge in [-0.2, -0.15) is 16.3 Å². The smallest absolute Gasteiger partial charge is 0.227 e. The first-order valence-corrected chi connectivity index (χ1v) is 11.3. The molecule has 1 saturated heterocycles. The quantitative estimate of drug-likeness (QED) is 0.487. The molecule has 29 heavy (non-hydrogen) atoms. The van der Waals surface area contributed by atoms with Crippen molar-refractivity contribution in [2.24, 2.45) is 0 Å². The number of fused-ring (bicyclic) bond motifs is 1. The first kappa shape index (κ1) is 18.3. The van der Waals surface area contributed by atoms with E-state index in [1.807, 2.05) is 35.0 Å². The zero-order valence-corrected chi connectivity index (χ0v) is 17.3. The molecule has 0 aliphatic carbocycles. The van der Waals surface area contributed by atoms with Crippen LogP contribution in [0.15, 0.2) is 39.5 Å². The second kappa shape index (κ2) is 7.92. The largest absolute Gasteiger partial charge is 0.348 e. The number of nitrogens with one attached hydrogen (secondary N) is 1. The Kier molecular flexibility index (Phi) is 4.99. The van der Waals surface area contributed by atoms with Gasteiger partial charge >= 0.3 is 0 Å². The van der Waals surface area contributed by atoms with E-state index in [0.29, 0.717) is 18.1 Å². The topological polar surface area (TPSA) is 84.1 Å². The molecule has 7 nitrogen and oxygen atoms in total. The maximum Gasteiger partial charge on any atom is 0.227 e. The predicted molar refractivity (Wildman–Crippen MR) is 116 cm³/mol. The van der Waals surface area contributed by atoms with Crippen LogP contribution in [-0.2, 0) is 11.2 Å². The van der Waals surface area contributed by atoms with Gasteiger partial charge in [-0.05, 0) is 42.5 Å². The number of rotatable bonds is 6. The van der Waals surface area contributed by atoms with Crippen molar-refractivity contribution < 1.29 is 9.32 Å². The first-order chi connectivity index (χ1) is 14.2. The Labute approximate surface area is 175 Å². The summed E-state index contributed by atoms with van der Waals surface area (Å²) in [6.45, 7) is 2.15. The lowest BCUT2D eigenvalue weighted by Gasteiger charge is -2.11. The van der Waals surface area contributed by atoms with E-state index in [9.17, 15) is 4.79 Å². The number of hydrogen-bond donors (Lipinski definition) is 1. The van der Waals surface area contributed by atoms with Gasteiger partial charge < -0.3 is 14.7 Å². The Bertz CT molecular complexity index is 1130. The number of thiazole rings is 1. The number of anilines is 2. The molecule has 0 radical (unpaired) electrons. The van der Waals surface area contributed by atoms with Crippen molar-refractivity contribution in [1.82, 2.24) is 15.1 Å². The van der Waals surface area contributed by atoms with Gasteiger partial charge in [-0.25, -0.2) is 4.98 Å². The molecule has 0 spiro atoms. The molecule has 1 aromatic carbocycles. The van der Waals surface area contributed by atoms with Crippen LogP contribution < -0.4 is 10.2 Å². The summed E-state index contributed by atoms with van der Waals surface area (Å²) in [5.74, 6) is 0.949. The molecule has 1 fully saturated rings. The van der Waals surface area contributed by atoms with Crippen LogP contribution in [0.3, 0.4) is 0 Å². The molecular weight excluding hydrogens is 406 g/mol. The van der Waals surface area contributed by atoms with Crippen LogP contribution in [0.5, 0.6) is 0 Å². The molecular formula is C20H19N5O2S2. The number of thiophene rings is 1. The fourth-order valence-electron chi connectivity index (χ4n) is 3.34. The van der Waals surface area contributed by atoms with Crippen LogP contribution in [0, 0.1) is 0 Å². The molecule has 148 valence electrons. The van der Waals surface area contributed by atoms with Crippen molar-refractivity contribution in [3.8, 4) is 11.4 Å². The molecule has 4 heterocycles. The molecule has 3 aromatic heterocycles. The zero-order chi connectivity index (χ0) is 19.6. The van der Waals surface area contributed by atoms with Gasteiger partial charge in [-0.15, -0.1) is 0 Å². The van der Waals surface area contributed by atoms with E-state index in [4.69, 9.17) is 9.51 Å². The van der Waals surface area contributed by atoms with Crippen molar-refractivity contribution in [1.29, 1.82) is 0 Å². The second-order valence-electron chi connectivity index (χ2n) is 6.95. The van der Waals surface area contributed by atoms with Crippen LogP contribution >= 0.6 is 22.7 Å². The third kappa shape index (κ3) is 4.01. The van der Waals surface area contributed by atoms with Crippen molar-refractivity contribution in [3.63, 3.8) is 0 Å². The van der Waals surface area contributed by atoms with Crippen molar-refractivity contribution in [2.75, 3.05) is 23.3 Å². The number of benzene rings is 1. The van der Waals surface area contributed by atoms with Gasteiger partial charge in [-0.3, -0.25) is 4.79 Å². The molecule has 1 aliphatic rings. The van der Waals surface area contributed by atoms with Crippen LogP contribution in [0.25, 0.3) is 21.6 Å². The van der Waals surface area contributed by atoms with Gasteiger partial charge in [-0.1, -0.05) is 16.5 Å². The summed E-state index contributed by atoms with van der Waals surface area (Å²) in [6.07, 6.45) is 3.15. The number of nitrogens with zero attached hydrogens (tertiary/aromatic N) is 4. The second-order valence-corrected chi connectivity index (χ2v) is 8.73. The Balaban J connectivity index is 1.20. The summed E-state index contributed by atoms with van der Waals surface area (Å²) in [5, 5.41) is 11.9. The highest BCUT2D eigenvalue weighted by Crippen LogP contribution is 2.32. The molecule has 5 rings (SSSR count). The van der Waals surface area contributed by atoms with Crippen molar-refractivity contribution in [3.05, 3.63) is 40.9 Å². The zero-order valence-electron chi connectivity index (χ0n) is 15.6. The number of carbonyl (C=O) groups is 1. The summed E-state index contributed by atoms with van der Waals surface area (Å²) >= 11 is 3.26. The lowest BCUT2D eigenvalue weighted by molar-refractivity contribution is -0.116. The summed E-state index contributed by atoms with van der Waals surface area (Å²) in [5.41, 5.74) is 2.69. The molecule has 1 amide bonds. The normalized spacial score (nSPS) is 14.0. The fourth-order valence-corrected chi connectivity index (χ4v) is 5.03. The summed E-state index contributed by atoms with van der Waals surface area (Å²) in [7, 11) is 0. The van der Waals surface area contributed by atoms with Gasteiger partial charge in [0.2, 0.25) is 17.6 Å². The Morgan fingerprint density at radius 3 is 2.93 bits per heavy atom. The van der Waals surface area contributed by atoms with Crippen LogP contribution in [0.1, 0.15) is 25.2 Å². The first-order valence-electron chi connectivity index (χ1n) is 9.55. The average Bonchev–Trinajstić information content (AvgIpc) is 3.52. The number of carbonyl (C=O) groups excluding carboxylic acids is 1. The number of aromatic nitrogens is 3. The van der Waals surface area contributed by atoms with Gasteiger partial charge in [0.15, 0.2) is 5.13 Å². The molecule has 0 bridgehead atoms. The highest BCUT2D eigenvalue weighted by molar-refractivity contribution is 7.22. The molecule has 4 aromatic rings. The summed E-state index contributed by atoms with van der Waals surface area (Å²) < 4.78 is 6.34. The van der Waals surface area contributed by atoms with Crippen LogP contribution in [0.2, 0.25) is 0 Å². The van der Waals surface area contributed by atoms with Crippen LogP contribution in [-0.4, -0.2) is 34.1 Å². The third-order valence-electron chi connectivity index (χ3n) is 4.85. The summed E-state index contributed by atoms with van der Waals surface area (Å²) in [6, 6.07) is 7.80. The minimum Gasteiger partial charge on any atom is -0.348 e. The minimum absolute atomic E-state index is 0.0797. The molecule has 1 N–H and O–H groups in total. The van der Waals surface area contributed by atoms with E-state index < -0.39 is 0 Å². The maximum atomic E-state index is 12.4. The van der Waals surface area contributed by atoms with E-state index in [2.05, 4.69) is 20.4 Å². The molecule has 9 heteroatoms. The number of aryl methyl sites for hydroxylation is 1. The Morgan fingerprint density at radius 1 is 1.21 bits per heavy atom. The van der Waals surface area contributed by atoms with Gasteiger partial charge in [0.25, 0.3) is 0 Å². The van der Waals surface area contributed by atoms with E-state index in [1.165, 1.54) is 12.8 Å². The Morgan fingerprint density at radius 2 is 2.10 bits per heavy atom. The van der Waals surface area contributed by atoms with E-state index in [0.717, 1.165) is 39.7 Å². The van der Waals surface area contributed by atoms with Crippen LogP contribution in [0.4, 0.5) is 10.8 Å². The third-order valence-corrected chi connectivity index (χ3v) is 6.61. The highest BCUT2D eigenvalue weighted by atomic mass is 32.1. The molecule has 0 saturated carbocycles. The lowest BCUT2D eigenvalue weighted by atomic mass is 10.2. The summed E-state index contributed by atoms with van der Waals surface area (Å²) in [4.78, 5) is 23.8. The lowest BCUT2D eigenvalue weighted by Crippen LogP contribution is -2.16. The minimum atomic E-state index is -0.0797. The van der Waals surface area contributed by atoms with E-state index >= 15 is 0 Å². The molecule has 0 atom stereocenters. The standard InChI is InChI=1S/C20H19N5O2S2/c26-17(5-6-18-23-19(24-27-18)13-7-10-28-12-13)21-14-3-4-15-16(11-14)29-20(22-15)25-8-1-2-9-25/h3-4,7,10-12H,1-2,5-6,8-9H2,(H,21,26). The van der Waals surface area contributed by atoms with E-state index in [-0.39, 0.29) is 12.3 Å². The van der Waals surface area contributed by atoms with Gasteiger partial charge in [0, 0.05) is 42.6 Å². The highest BCUT2D eigenvalue weighted by Gasteiger charge is 2.17. The van der Waals surface area contributed by atoms with Crippen molar-refractivity contribution in [2.45, 2.75) is 25.7 Å². The van der Waals surface area contributed by atoms with E-state index in [1.54, 1.807) is 22.7 Å². The van der Waals surface area contributed by atoms with Gasteiger partial charge in [0.05, 0.1) is 10.2 Å². The molecule has 0 unspecified atom stereocenters. The monoisotopic (exact) mass is 425 g/mol. The number of amides is 1. The average molecular weight is 426 g/mol. The predicted octanol–water partition coefficient (Wildman–Crippen LogP) is 4.58. The van der Waals surface area contributed by atoms with Crippen molar-refractivity contribution >= 4 is 49.6 Å². The number of hydrogen-bond acceptors (Lipinski definition) is 8. The maximum absolute atomic E-state index is 12.4. The Hall–Kier alpha value is -2.78.